The molecule has 0 unspecified atom stereocenters. The average molecular weight is 263 g/mol. The normalized spacial score (nSPS) is 15.4. The third kappa shape index (κ3) is 2.85. The fourth-order valence-corrected chi connectivity index (χ4v) is 2.11. The Morgan fingerprint density at radius 1 is 1.11 bits per heavy atom. The molecule has 6 nitrogen and oxygen atoms in total. The van der Waals surface area contributed by atoms with Gasteiger partial charge in [-0.1, -0.05) is 12.1 Å². The smallest absolute Gasteiger partial charge is 0.257 e. The number of benzene rings is 1. The van der Waals surface area contributed by atoms with Crippen molar-refractivity contribution in [1.82, 2.24) is 9.80 Å². The summed E-state index contributed by atoms with van der Waals surface area (Å²) < 4.78 is 0. The van der Waals surface area contributed by atoms with Gasteiger partial charge in [0.15, 0.2) is 0 Å². The average Bonchev–Trinajstić information content (AvgIpc) is 2.46. The predicted molar refractivity (Wildman–Crippen MR) is 69.6 cm³/mol. The maximum atomic E-state index is 12.2. The van der Waals surface area contributed by atoms with Gasteiger partial charge in [-0.05, 0) is 12.1 Å². The van der Waals surface area contributed by atoms with E-state index in [1.807, 2.05) is 0 Å². The van der Waals surface area contributed by atoms with Gasteiger partial charge in [-0.2, -0.15) is 0 Å². The molecule has 1 aromatic rings. The van der Waals surface area contributed by atoms with Gasteiger partial charge in [0.1, 0.15) is 5.75 Å². The van der Waals surface area contributed by atoms with E-state index in [4.69, 9.17) is 5.73 Å². The van der Waals surface area contributed by atoms with Crippen molar-refractivity contribution >= 4 is 11.8 Å². The van der Waals surface area contributed by atoms with E-state index in [9.17, 15) is 14.7 Å². The molecule has 0 atom stereocenters. The van der Waals surface area contributed by atoms with Gasteiger partial charge < -0.3 is 20.6 Å². The Morgan fingerprint density at radius 2 is 1.68 bits per heavy atom. The van der Waals surface area contributed by atoms with E-state index in [0.29, 0.717) is 31.7 Å². The van der Waals surface area contributed by atoms with Crippen LogP contribution in [0.5, 0.6) is 5.75 Å². The SMILES string of the molecule is NCC(=O)N1CCN(C(=O)c2ccccc2O)CC1. The summed E-state index contributed by atoms with van der Waals surface area (Å²) in [4.78, 5) is 26.9. The fraction of sp³-hybridized carbons (Fsp3) is 0.385. The fourth-order valence-electron chi connectivity index (χ4n) is 2.11. The van der Waals surface area contributed by atoms with Gasteiger partial charge >= 0.3 is 0 Å². The minimum Gasteiger partial charge on any atom is -0.507 e. The van der Waals surface area contributed by atoms with Gasteiger partial charge in [-0.3, -0.25) is 9.59 Å². The molecule has 2 rings (SSSR count). The van der Waals surface area contributed by atoms with Crippen molar-refractivity contribution in [2.24, 2.45) is 5.73 Å². The zero-order valence-electron chi connectivity index (χ0n) is 10.6. The molecule has 0 aliphatic carbocycles. The number of rotatable bonds is 2. The van der Waals surface area contributed by atoms with E-state index >= 15 is 0 Å². The van der Waals surface area contributed by atoms with Crippen LogP contribution in [0, 0.1) is 0 Å². The quantitative estimate of drug-likeness (QED) is 0.762. The van der Waals surface area contributed by atoms with Gasteiger partial charge in [0, 0.05) is 26.2 Å². The summed E-state index contributed by atoms with van der Waals surface area (Å²) >= 11 is 0. The van der Waals surface area contributed by atoms with Crippen LogP contribution in [0.4, 0.5) is 0 Å². The molecule has 1 fully saturated rings. The van der Waals surface area contributed by atoms with Gasteiger partial charge in [0.25, 0.3) is 5.91 Å². The predicted octanol–water partition coefficient (Wildman–Crippen LogP) is -0.365. The lowest BCUT2D eigenvalue weighted by Gasteiger charge is -2.34. The molecule has 3 N–H and O–H groups in total. The number of nitrogens with two attached hydrogens (primary N) is 1. The van der Waals surface area contributed by atoms with Crippen LogP contribution in [-0.4, -0.2) is 59.4 Å². The molecule has 0 spiro atoms. The Labute approximate surface area is 111 Å². The third-order valence-corrected chi connectivity index (χ3v) is 3.23. The second kappa shape index (κ2) is 5.71. The summed E-state index contributed by atoms with van der Waals surface area (Å²) in [5.41, 5.74) is 5.60. The van der Waals surface area contributed by atoms with Gasteiger partial charge in [-0.15, -0.1) is 0 Å². The van der Waals surface area contributed by atoms with Crippen molar-refractivity contribution in [1.29, 1.82) is 0 Å². The Kier molecular flexibility index (Phi) is 4.01. The highest BCUT2D eigenvalue weighted by Crippen LogP contribution is 2.18. The Balaban J connectivity index is 2.00. The molecule has 2 amide bonds. The van der Waals surface area contributed by atoms with E-state index < -0.39 is 0 Å². The largest absolute Gasteiger partial charge is 0.507 e. The number of nitrogens with zero attached hydrogens (tertiary/aromatic N) is 2. The second-order valence-electron chi connectivity index (χ2n) is 4.39. The number of para-hydroxylation sites is 1. The molecule has 1 heterocycles. The Bertz CT molecular complexity index is 482. The summed E-state index contributed by atoms with van der Waals surface area (Å²) in [6.07, 6.45) is 0. The van der Waals surface area contributed by atoms with E-state index in [1.165, 1.54) is 6.07 Å². The number of hydrogen-bond acceptors (Lipinski definition) is 4. The van der Waals surface area contributed by atoms with Gasteiger partial charge in [-0.25, -0.2) is 0 Å². The summed E-state index contributed by atoms with van der Waals surface area (Å²) in [5, 5.41) is 9.66. The van der Waals surface area contributed by atoms with Crippen molar-refractivity contribution in [2.75, 3.05) is 32.7 Å². The van der Waals surface area contributed by atoms with Crippen LogP contribution >= 0.6 is 0 Å². The monoisotopic (exact) mass is 263 g/mol. The van der Waals surface area contributed by atoms with Crippen LogP contribution in [0.3, 0.4) is 0 Å². The molecule has 1 aliphatic heterocycles. The van der Waals surface area contributed by atoms with Crippen LogP contribution in [0.25, 0.3) is 0 Å². The topological polar surface area (TPSA) is 86.9 Å². The van der Waals surface area contributed by atoms with Crippen LogP contribution in [-0.2, 0) is 4.79 Å². The molecule has 0 saturated carbocycles. The summed E-state index contributed by atoms with van der Waals surface area (Å²) in [6.45, 7) is 1.87. The molecule has 1 aromatic carbocycles. The first kappa shape index (κ1) is 13.4. The second-order valence-corrected chi connectivity index (χ2v) is 4.39. The number of phenolic OH excluding ortho intramolecular Hbond substituents is 1. The number of carbonyl (C=O) groups excluding carboxylic acids is 2. The molecule has 0 radical (unpaired) electrons. The first-order valence-corrected chi connectivity index (χ1v) is 6.18. The number of aromatic hydroxyl groups is 1. The first-order valence-electron chi connectivity index (χ1n) is 6.18. The maximum absolute atomic E-state index is 12.2. The lowest BCUT2D eigenvalue weighted by molar-refractivity contribution is -0.131. The third-order valence-electron chi connectivity index (χ3n) is 3.23. The highest BCUT2D eigenvalue weighted by atomic mass is 16.3. The van der Waals surface area contributed by atoms with Crippen LogP contribution in [0.15, 0.2) is 24.3 Å². The van der Waals surface area contributed by atoms with E-state index in [1.54, 1.807) is 28.0 Å². The van der Waals surface area contributed by atoms with Crippen molar-refractivity contribution in [3.63, 3.8) is 0 Å². The lowest BCUT2D eigenvalue weighted by atomic mass is 10.1. The molecule has 1 aliphatic rings. The number of piperazine rings is 1. The molecule has 19 heavy (non-hydrogen) atoms. The van der Waals surface area contributed by atoms with Crippen LogP contribution < -0.4 is 5.73 Å². The molecule has 0 bridgehead atoms. The highest BCUT2D eigenvalue weighted by Gasteiger charge is 2.25. The van der Waals surface area contributed by atoms with E-state index in [-0.39, 0.29) is 24.1 Å². The van der Waals surface area contributed by atoms with Crippen LogP contribution in [0.1, 0.15) is 10.4 Å². The summed E-state index contributed by atoms with van der Waals surface area (Å²) in [6, 6.07) is 6.46. The molecular formula is C13H17N3O3. The van der Waals surface area contributed by atoms with Gasteiger partial charge in [0.2, 0.25) is 5.91 Å². The molecule has 0 aromatic heterocycles. The van der Waals surface area contributed by atoms with Crippen molar-refractivity contribution in [2.45, 2.75) is 0 Å². The molecule has 102 valence electrons. The van der Waals surface area contributed by atoms with Crippen molar-refractivity contribution < 1.29 is 14.7 Å². The van der Waals surface area contributed by atoms with Gasteiger partial charge in [0.05, 0.1) is 12.1 Å². The minimum absolute atomic E-state index is 0.00653. The maximum Gasteiger partial charge on any atom is 0.257 e. The Morgan fingerprint density at radius 3 is 2.26 bits per heavy atom. The number of carbonyl (C=O) groups is 2. The number of phenols is 1. The standard InChI is InChI=1S/C13H17N3O3/c14-9-12(18)15-5-7-16(8-6-15)13(19)10-3-1-2-4-11(10)17/h1-4,17H,5-9,14H2. The number of amides is 2. The summed E-state index contributed by atoms with van der Waals surface area (Å²) in [5.74, 6) is -0.333. The number of hydrogen-bond donors (Lipinski definition) is 2. The zero-order chi connectivity index (χ0) is 13.8. The summed E-state index contributed by atoms with van der Waals surface area (Å²) in [7, 11) is 0. The van der Waals surface area contributed by atoms with Crippen molar-refractivity contribution in [3.8, 4) is 5.75 Å². The van der Waals surface area contributed by atoms with E-state index in [0.717, 1.165) is 0 Å². The highest BCUT2D eigenvalue weighted by molar-refractivity contribution is 5.97. The molecule has 6 heteroatoms. The molecular weight excluding hydrogens is 246 g/mol. The van der Waals surface area contributed by atoms with Crippen molar-refractivity contribution in [3.05, 3.63) is 29.8 Å². The molecule has 1 saturated heterocycles. The lowest BCUT2D eigenvalue weighted by Crippen LogP contribution is -2.51. The zero-order valence-corrected chi connectivity index (χ0v) is 10.6. The minimum atomic E-state index is -0.210. The first-order chi connectivity index (χ1) is 9.13. The van der Waals surface area contributed by atoms with Crippen LogP contribution in [0.2, 0.25) is 0 Å². The van der Waals surface area contributed by atoms with E-state index in [2.05, 4.69) is 0 Å². The Hall–Kier alpha value is -2.08.